The standard InChI is InChI=1S/C12H13ClO/c1-2-3-4-9-12(14)10-7-5-6-8-11(10)13/h1,5-8,12,14H,3-4,9H2. The number of unbranched alkanes of at least 4 members (excludes halogenated alkanes) is 1. The first-order valence-corrected chi connectivity index (χ1v) is 4.99. The van der Waals surface area contributed by atoms with Crippen LogP contribution in [0.4, 0.5) is 0 Å². The van der Waals surface area contributed by atoms with Crippen molar-refractivity contribution in [1.29, 1.82) is 0 Å². The highest BCUT2D eigenvalue weighted by Crippen LogP contribution is 2.25. The van der Waals surface area contributed by atoms with Gasteiger partial charge in [-0.15, -0.1) is 12.3 Å². The summed E-state index contributed by atoms with van der Waals surface area (Å²) in [7, 11) is 0. The van der Waals surface area contributed by atoms with Gasteiger partial charge in [0.25, 0.3) is 0 Å². The van der Waals surface area contributed by atoms with Gasteiger partial charge in [-0.3, -0.25) is 0 Å². The predicted molar refractivity (Wildman–Crippen MR) is 59.1 cm³/mol. The van der Waals surface area contributed by atoms with E-state index in [1.54, 1.807) is 6.07 Å². The van der Waals surface area contributed by atoms with Gasteiger partial charge in [-0.2, -0.15) is 0 Å². The van der Waals surface area contributed by atoms with Crippen LogP contribution in [0.2, 0.25) is 5.02 Å². The van der Waals surface area contributed by atoms with Crippen LogP contribution in [0.5, 0.6) is 0 Å². The zero-order valence-electron chi connectivity index (χ0n) is 7.91. The van der Waals surface area contributed by atoms with Gasteiger partial charge in [-0.1, -0.05) is 29.8 Å². The Morgan fingerprint density at radius 3 is 2.79 bits per heavy atom. The molecule has 0 radical (unpaired) electrons. The van der Waals surface area contributed by atoms with Gasteiger partial charge >= 0.3 is 0 Å². The van der Waals surface area contributed by atoms with Crippen LogP contribution >= 0.6 is 11.6 Å². The Hall–Kier alpha value is -0.970. The van der Waals surface area contributed by atoms with Crippen molar-refractivity contribution in [2.24, 2.45) is 0 Å². The Bertz CT molecular complexity index is 327. The number of rotatable bonds is 4. The van der Waals surface area contributed by atoms with Crippen LogP contribution < -0.4 is 0 Å². The lowest BCUT2D eigenvalue weighted by atomic mass is 10.0. The van der Waals surface area contributed by atoms with E-state index >= 15 is 0 Å². The topological polar surface area (TPSA) is 20.2 Å². The average molecular weight is 209 g/mol. The van der Waals surface area contributed by atoms with Crippen LogP contribution in [0.3, 0.4) is 0 Å². The fourth-order valence-corrected chi connectivity index (χ4v) is 1.56. The molecule has 0 aliphatic heterocycles. The van der Waals surface area contributed by atoms with Crippen molar-refractivity contribution < 1.29 is 5.11 Å². The largest absolute Gasteiger partial charge is 0.388 e. The first-order chi connectivity index (χ1) is 6.75. The molecular formula is C12H13ClO. The molecule has 1 rings (SSSR count). The molecule has 2 heteroatoms. The first-order valence-electron chi connectivity index (χ1n) is 4.61. The summed E-state index contributed by atoms with van der Waals surface area (Å²) in [5.41, 5.74) is 0.784. The lowest BCUT2D eigenvalue weighted by Gasteiger charge is -2.11. The van der Waals surface area contributed by atoms with Crippen molar-refractivity contribution in [2.45, 2.75) is 25.4 Å². The summed E-state index contributed by atoms with van der Waals surface area (Å²) in [6.45, 7) is 0. The number of terminal acetylenes is 1. The van der Waals surface area contributed by atoms with E-state index < -0.39 is 6.10 Å². The van der Waals surface area contributed by atoms with Gasteiger partial charge in [-0.25, -0.2) is 0 Å². The fourth-order valence-electron chi connectivity index (χ4n) is 1.30. The first kappa shape index (κ1) is 11.1. The van der Waals surface area contributed by atoms with Crippen LogP contribution in [-0.4, -0.2) is 5.11 Å². The van der Waals surface area contributed by atoms with Crippen molar-refractivity contribution in [3.8, 4) is 12.3 Å². The molecule has 74 valence electrons. The molecule has 0 saturated heterocycles. The van der Waals surface area contributed by atoms with E-state index in [1.165, 1.54) is 0 Å². The Labute approximate surface area is 89.7 Å². The Kier molecular flexibility index (Phi) is 4.52. The molecule has 1 nitrogen and oxygen atoms in total. The minimum atomic E-state index is -0.503. The lowest BCUT2D eigenvalue weighted by molar-refractivity contribution is 0.165. The predicted octanol–water partition coefficient (Wildman–Crippen LogP) is 3.18. The van der Waals surface area contributed by atoms with E-state index in [1.807, 2.05) is 18.2 Å². The Balaban J connectivity index is 2.57. The molecule has 0 fully saturated rings. The molecule has 0 aromatic heterocycles. The van der Waals surface area contributed by atoms with Gasteiger partial charge in [-0.05, 0) is 24.5 Å². The molecule has 0 spiro atoms. The summed E-state index contributed by atoms with van der Waals surface area (Å²) in [6.07, 6.45) is 6.80. The molecule has 1 N–H and O–H groups in total. The van der Waals surface area contributed by atoms with Gasteiger partial charge in [0.05, 0.1) is 6.10 Å². The third-order valence-electron chi connectivity index (χ3n) is 2.06. The molecule has 0 heterocycles. The highest BCUT2D eigenvalue weighted by molar-refractivity contribution is 6.31. The van der Waals surface area contributed by atoms with E-state index in [2.05, 4.69) is 5.92 Å². The zero-order chi connectivity index (χ0) is 10.4. The van der Waals surface area contributed by atoms with Crippen molar-refractivity contribution in [3.63, 3.8) is 0 Å². The Morgan fingerprint density at radius 2 is 2.14 bits per heavy atom. The van der Waals surface area contributed by atoms with Crippen molar-refractivity contribution in [3.05, 3.63) is 34.9 Å². The molecule has 0 aliphatic carbocycles. The molecular weight excluding hydrogens is 196 g/mol. The van der Waals surface area contributed by atoms with Gasteiger partial charge < -0.3 is 5.11 Å². The maximum Gasteiger partial charge on any atom is 0.0804 e. The van der Waals surface area contributed by atoms with Gasteiger partial charge in [0.15, 0.2) is 0 Å². The van der Waals surface area contributed by atoms with Crippen LogP contribution in [0, 0.1) is 12.3 Å². The van der Waals surface area contributed by atoms with E-state index in [9.17, 15) is 5.11 Å². The second-order valence-corrected chi connectivity index (χ2v) is 3.54. The third kappa shape index (κ3) is 3.06. The van der Waals surface area contributed by atoms with Crippen LogP contribution in [0.1, 0.15) is 30.9 Å². The minimum Gasteiger partial charge on any atom is -0.388 e. The second kappa shape index (κ2) is 5.70. The molecule has 1 unspecified atom stereocenters. The summed E-state index contributed by atoms with van der Waals surface area (Å²) in [5.74, 6) is 2.55. The molecule has 14 heavy (non-hydrogen) atoms. The SMILES string of the molecule is C#CCCCC(O)c1ccccc1Cl. The molecule has 0 bridgehead atoms. The molecule has 0 saturated carbocycles. The summed E-state index contributed by atoms with van der Waals surface area (Å²) in [6, 6.07) is 7.33. The maximum absolute atomic E-state index is 9.77. The summed E-state index contributed by atoms with van der Waals surface area (Å²) in [4.78, 5) is 0. The Morgan fingerprint density at radius 1 is 1.43 bits per heavy atom. The van der Waals surface area contributed by atoms with Gasteiger partial charge in [0.2, 0.25) is 0 Å². The van der Waals surface area contributed by atoms with Crippen LogP contribution in [-0.2, 0) is 0 Å². The lowest BCUT2D eigenvalue weighted by Crippen LogP contribution is -1.97. The summed E-state index contributed by atoms with van der Waals surface area (Å²) >= 11 is 5.93. The number of aliphatic hydroxyl groups excluding tert-OH is 1. The molecule has 1 aromatic carbocycles. The molecule has 0 aliphatic rings. The van der Waals surface area contributed by atoms with E-state index in [-0.39, 0.29) is 0 Å². The number of benzene rings is 1. The zero-order valence-corrected chi connectivity index (χ0v) is 8.67. The summed E-state index contributed by atoms with van der Waals surface area (Å²) in [5, 5.41) is 10.4. The van der Waals surface area contributed by atoms with E-state index in [0.29, 0.717) is 17.9 Å². The summed E-state index contributed by atoms with van der Waals surface area (Å²) < 4.78 is 0. The van der Waals surface area contributed by atoms with E-state index in [4.69, 9.17) is 18.0 Å². The maximum atomic E-state index is 9.77. The van der Waals surface area contributed by atoms with Gasteiger partial charge in [0.1, 0.15) is 0 Å². The average Bonchev–Trinajstić information content (AvgIpc) is 2.18. The smallest absolute Gasteiger partial charge is 0.0804 e. The number of hydrogen-bond acceptors (Lipinski definition) is 1. The van der Waals surface area contributed by atoms with Crippen molar-refractivity contribution in [1.82, 2.24) is 0 Å². The third-order valence-corrected chi connectivity index (χ3v) is 2.41. The van der Waals surface area contributed by atoms with Gasteiger partial charge in [0, 0.05) is 11.4 Å². The monoisotopic (exact) mass is 208 g/mol. The number of hydrogen-bond donors (Lipinski definition) is 1. The number of aliphatic hydroxyl groups is 1. The molecule has 1 aromatic rings. The molecule has 1 atom stereocenters. The minimum absolute atomic E-state index is 0.503. The second-order valence-electron chi connectivity index (χ2n) is 3.13. The van der Waals surface area contributed by atoms with Crippen LogP contribution in [0.15, 0.2) is 24.3 Å². The highest BCUT2D eigenvalue weighted by atomic mass is 35.5. The fraction of sp³-hybridized carbons (Fsp3) is 0.333. The normalized spacial score (nSPS) is 12.1. The van der Waals surface area contributed by atoms with Crippen LogP contribution in [0.25, 0.3) is 0 Å². The van der Waals surface area contributed by atoms with E-state index in [0.717, 1.165) is 12.0 Å². The number of halogens is 1. The molecule has 0 amide bonds. The highest BCUT2D eigenvalue weighted by Gasteiger charge is 2.09. The quantitative estimate of drug-likeness (QED) is 0.595. The van der Waals surface area contributed by atoms with Crippen molar-refractivity contribution in [2.75, 3.05) is 0 Å². The van der Waals surface area contributed by atoms with Crippen molar-refractivity contribution >= 4 is 11.6 Å².